The summed E-state index contributed by atoms with van der Waals surface area (Å²) < 4.78 is 0. The molecule has 1 atom stereocenters. The SMILES string of the molecule is ClP(Cl)C(c1ccccc1)c1ccccn1. The molecule has 82 valence electrons. The number of hydrogen-bond acceptors (Lipinski definition) is 1. The molecule has 1 nitrogen and oxygen atoms in total. The molecule has 1 aromatic heterocycles. The van der Waals surface area contributed by atoms with Crippen LogP contribution in [0.25, 0.3) is 0 Å². The van der Waals surface area contributed by atoms with Gasteiger partial charge in [-0.15, -0.1) is 0 Å². The van der Waals surface area contributed by atoms with E-state index in [0.29, 0.717) is 0 Å². The van der Waals surface area contributed by atoms with Crippen molar-refractivity contribution in [2.75, 3.05) is 0 Å². The molecule has 0 radical (unpaired) electrons. The molecule has 0 saturated heterocycles. The fourth-order valence-electron chi connectivity index (χ4n) is 1.56. The average Bonchev–Trinajstić information content (AvgIpc) is 2.31. The Morgan fingerprint density at radius 3 is 2.19 bits per heavy atom. The summed E-state index contributed by atoms with van der Waals surface area (Å²) in [5.74, 6) is 0. The Morgan fingerprint density at radius 1 is 0.938 bits per heavy atom. The third kappa shape index (κ3) is 2.74. The van der Waals surface area contributed by atoms with E-state index in [9.17, 15) is 0 Å². The molecule has 0 aliphatic heterocycles. The van der Waals surface area contributed by atoms with Crippen LogP contribution in [0.1, 0.15) is 16.9 Å². The molecule has 0 N–H and O–H groups in total. The zero-order valence-electron chi connectivity index (χ0n) is 8.42. The van der Waals surface area contributed by atoms with Gasteiger partial charge < -0.3 is 0 Å². The van der Waals surface area contributed by atoms with Crippen LogP contribution in [0.5, 0.6) is 0 Å². The average molecular weight is 270 g/mol. The number of nitrogens with zero attached hydrogens (tertiary/aromatic N) is 1. The molecule has 1 heterocycles. The first kappa shape index (κ1) is 11.9. The Morgan fingerprint density at radius 2 is 1.62 bits per heavy atom. The van der Waals surface area contributed by atoms with Crippen LogP contribution >= 0.6 is 29.1 Å². The van der Waals surface area contributed by atoms with Crippen molar-refractivity contribution >= 4 is 29.1 Å². The van der Waals surface area contributed by atoms with Crippen LogP contribution < -0.4 is 0 Å². The van der Waals surface area contributed by atoms with Crippen molar-refractivity contribution in [1.82, 2.24) is 4.98 Å². The molecule has 0 bridgehead atoms. The second-order valence-electron chi connectivity index (χ2n) is 3.33. The topological polar surface area (TPSA) is 12.9 Å². The van der Waals surface area contributed by atoms with Crippen LogP contribution in [0.2, 0.25) is 0 Å². The van der Waals surface area contributed by atoms with Crippen molar-refractivity contribution in [3.05, 3.63) is 66.0 Å². The van der Waals surface area contributed by atoms with Gasteiger partial charge in [-0.3, -0.25) is 4.98 Å². The molecule has 0 fully saturated rings. The summed E-state index contributed by atoms with van der Waals surface area (Å²) in [5, 5.41) is 0. The smallest absolute Gasteiger partial charge is 0.0991 e. The Kier molecular flexibility index (Phi) is 4.17. The number of pyridine rings is 1. The second-order valence-corrected chi connectivity index (χ2v) is 7.07. The standard InChI is InChI=1S/C12H10Cl2NP/c13-16(14)12(10-6-2-1-3-7-10)11-8-4-5-9-15-11/h1-9,12H. The van der Waals surface area contributed by atoms with Gasteiger partial charge in [0.1, 0.15) is 0 Å². The minimum atomic E-state index is -1.13. The number of hydrogen-bond donors (Lipinski definition) is 0. The van der Waals surface area contributed by atoms with Gasteiger partial charge in [-0.05, 0) is 17.7 Å². The van der Waals surface area contributed by atoms with Gasteiger partial charge >= 0.3 is 0 Å². The predicted molar refractivity (Wildman–Crippen MR) is 71.1 cm³/mol. The molecule has 2 aromatic rings. The van der Waals surface area contributed by atoms with E-state index in [1.165, 1.54) is 0 Å². The molecule has 0 aliphatic carbocycles. The monoisotopic (exact) mass is 269 g/mol. The van der Waals surface area contributed by atoms with Crippen LogP contribution in [-0.2, 0) is 0 Å². The third-order valence-corrected chi connectivity index (χ3v) is 4.40. The molecule has 0 aliphatic rings. The van der Waals surface area contributed by atoms with Gasteiger partial charge in [-0.25, -0.2) is 0 Å². The van der Waals surface area contributed by atoms with Gasteiger partial charge in [0.05, 0.1) is 18.0 Å². The quantitative estimate of drug-likeness (QED) is 0.718. The van der Waals surface area contributed by atoms with Crippen molar-refractivity contribution in [2.24, 2.45) is 0 Å². The van der Waals surface area contributed by atoms with Crippen molar-refractivity contribution in [1.29, 1.82) is 0 Å². The minimum Gasteiger partial charge on any atom is -0.260 e. The van der Waals surface area contributed by atoms with Crippen molar-refractivity contribution in [2.45, 2.75) is 5.66 Å². The Bertz CT molecular complexity index is 394. The van der Waals surface area contributed by atoms with E-state index >= 15 is 0 Å². The van der Waals surface area contributed by atoms with Crippen molar-refractivity contribution < 1.29 is 0 Å². The summed E-state index contributed by atoms with van der Waals surface area (Å²) in [5.41, 5.74) is 2.02. The summed E-state index contributed by atoms with van der Waals surface area (Å²) in [4.78, 5) is 4.32. The fourth-order valence-corrected chi connectivity index (χ4v) is 3.58. The molecule has 0 amide bonds. The summed E-state index contributed by atoms with van der Waals surface area (Å²) in [7, 11) is 0. The highest BCUT2D eigenvalue weighted by Crippen LogP contribution is 2.61. The highest BCUT2D eigenvalue weighted by Gasteiger charge is 2.22. The van der Waals surface area contributed by atoms with Crippen LogP contribution in [0, 0.1) is 0 Å². The molecular weight excluding hydrogens is 260 g/mol. The maximum absolute atomic E-state index is 6.10. The summed E-state index contributed by atoms with van der Waals surface area (Å²) in [6.45, 7) is -1.13. The van der Waals surface area contributed by atoms with E-state index < -0.39 is 6.63 Å². The van der Waals surface area contributed by atoms with Crippen molar-refractivity contribution in [3.63, 3.8) is 0 Å². The highest BCUT2D eigenvalue weighted by molar-refractivity contribution is 8.04. The van der Waals surface area contributed by atoms with E-state index in [2.05, 4.69) is 4.98 Å². The molecule has 16 heavy (non-hydrogen) atoms. The number of aromatic nitrogens is 1. The Labute approximate surface area is 106 Å². The summed E-state index contributed by atoms with van der Waals surface area (Å²) in [6, 6.07) is 15.8. The second kappa shape index (κ2) is 5.63. The molecule has 1 aromatic carbocycles. The van der Waals surface area contributed by atoms with Crippen LogP contribution in [0.15, 0.2) is 54.7 Å². The van der Waals surface area contributed by atoms with Gasteiger partial charge in [-0.1, -0.05) is 58.9 Å². The van der Waals surface area contributed by atoms with E-state index in [4.69, 9.17) is 22.5 Å². The first-order valence-corrected chi connectivity index (χ1v) is 8.08. The Balaban J connectivity index is 2.40. The van der Waals surface area contributed by atoms with E-state index in [1.807, 2.05) is 48.5 Å². The van der Waals surface area contributed by atoms with Crippen LogP contribution in [0.3, 0.4) is 0 Å². The van der Waals surface area contributed by atoms with Gasteiger partial charge in [0.15, 0.2) is 0 Å². The molecule has 2 rings (SSSR count). The fraction of sp³-hybridized carbons (Fsp3) is 0.0833. The maximum atomic E-state index is 6.10. The lowest BCUT2D eigenvalue weighted by molar-refractivity contribution is 1.05. The summed E-state index contributed by atoms with van der Waals surface area (Å²) in [6.07, 6.45) is 1.76. The van der Waals surface area contributed by atoms with Gasteiger partial charge in [-0.2, -0.15) is 0 Å². The molecule has 0 saturated carbocycles. The molecular formula is C12H10Cl2NP. The first-order chi connectivity index (χ1) is 7.79. The number of rotatable bonds is 3. The zero-order valence-corrected chi connectivity index (χ0v) is 10.8. The lowest BCUT2D eigenvalue weighted by atomic mass is 10.1. The first-order valence-electron chi connectivity index (χ1n) is 4.85. The number of halogens is 2. The maximum Gasteiger partial charge on any atom is 0.0991 e. The van der Waals surface area contributed by atoms with Gasteiger partial charge in [0.25, 0.3) is 0 Å². The molecule has 4 heteroatoms. The lowest BCUT2D eigenvalue weighted by Crippen LogP contribution is -1.97. The van der Waals surface area contributed by atoms with Gasteiger partial charge in [0, 0.05) is 6.20 Å². The predicted octanol–water partition coefficient (Wildman–Crippen LogP) is 4.96. The Hall–Kier alpha value is -0.620. The van der Waals surface area contributed by atoms with E-state index in [1.54, 1.807) is 6.20 Å². The third-order valence-electron chi connectivity index (χ3n) is 2.28. The normalized spacial score (nSPS) is 12.7. The minimum absolute atomic E-state index is 0.0132. The molecule has 0 spiro atoms. The largest absolute Gasteiger partial charge is 0.260 e. The van der Waals surface area contributed by atoms with E-state index in [0.717, 1.165) is 11.3 Å². The summed E-state index contributed by atoms with van der Waals surface area (Å²) >= 11 is 12.2. The van der Waals surface area contributed by atoms with Crippen molar-refractivity contribution in [3.8, 4) is 0 Å². The number of benzene rings is 1. The molecule has 1 unspecified atom stereocenters. The van der Waals surface area contributed by atoms with Gasteiger partial charge in [0.2, 0.25) is 0 Å². The van der Waals surface area contributed by atoms with Crippen LogP contribution in [0.4, 0.5) is 0 Å². The van der Waals surface area contributed by atoms with Crippen LogP contribution in [-0.4, -0.2) is 4.98 Å². The lowest BCUT2D eigenvalue weighted by Gasteiger charge is -2.17. The van der Waals surface area contributed by atoms with E-state index in [-0.39, 0.29) is 5.66 Å². The zero-order chi connectivity index (χ0) is 11.4. The highest BCUT2D eigenvalue weighted by atomic mass is 35.9.